The molecule has 0 amide bonds. The lowest BCUT2D eigenvalue weighted by Crippen LogP contribution is -2.13. The molecule has 0 radical (unpaired) electrons. The summed E-state index contributed by atoms with van der Waals surface area (Å²) in [5, 5.41) is 9.84. The van der Waals surface area contributed by atoms with E-state index in [1.54, 1.807) is 12.5 Å². The standard InChI is InChI=1S/C14H17BrClN3O3S/c1-9(2)3-4-19-7-13(17-8-19)18-23(21,22)12-6-10(15)5-11(16)14(12)20/h5-9,18,20H,3-4H2,1-2H3. The molecule has 2 aromatic rings. The highest BCUT2D eigenvalue weighted by Gasteiger charge is 2.22. The number of nitrogens with one attached hydrogen (secondary N) is 1. The highest BCUT2D eigenvalue weighted by molar-refractivity contribution is 9.10. The number of nitrogens with zero attached hydrogens (tertiary/aromatic N) is 2. The van der Waals surface area contributed by atoms with Crippen LogP contribution in [0, 0.1) is 5.92 Å². The maximum Gasteiger partial charge on any atom is 0.266 e. The van der Waals surface area contributed by atoms with Gasteiger partial charge >= 0.3 is 0 Å². The van der Waals surface area contributed by atoms with E-state index in [0.717, 1.165) is 13.0 Å². The summed E-state index contributed by atoms with van der Waals surface area (Å²) in [5.41, 5.74) is 0. The summed E-state index contributed by atoms with van der Waals surface area (Å²) < 4.78 is 29.4. The van der Waals surface area contributed by atoms with Crippen molar-refractivity contribution in [3.63, 3.8) is 0 Å². The molecule has 1 heterocycles. The molecule has 6 nitrogen and oxygen atoms in total. The van der Waals surface area contributed by atoms with Gasteiger partial charge in [-0.25, -0.2) is 13.4 Å². The van der Waals surface area contributed by atoms with Gasteiger partial charge in [0.05, 0.1) is 11.3 Å². The fraction of sp³-hybridized carbons (Fsp3) is 0.357. The van der Waals surface area contributed by atoms with Gasteiger partial charge in [0.25, 0.3) is 10.0 Å². The molecule has 0 fully saturated rings. The average Bonchev–Trinajstić information content (AvgIpc) is 2.87. The average molecular weight is 423 g/mol. The van der Waals surface area contributed by atoms with Crippen LogP contribution >= 0.6 is 27.5 Å². The number of phenols is 1. The van der Waals surface area contributed by atoms with E-state index in [9.17, 15) is 13.5 Å². The van der Waals surface area contributed by atoms with Gasteiger partial charge in [-0.3, -0.25) is 4.72 Å². The van der Waals surface area contributed by atoms with E-state index in [0.29, 0.717) is 10.4 Å². The second kappa shape index (κ2) is 7.11. The number of aromatic nitrogens is 2. The Balaban J connectivity index is 2.22. The van der Waals surface area contributed by atoms with Crippen LogP contribution in [-0.2, 0) is 16.6 Å². The molecule has 23 heavy (non-hydrogen) atoms. The van der Waals surface area contributed by atoms with E-state index < -0.39 is 15.8 Å². The number of hydrogen-bond acceptors (Lipinski definition) is 4. The van der Waals surface area contributed by atoms with Crippen LogP contribution in [0.3, 0.4) is 0 Å². The Bertz CT molecular complexity index is 806. The van der Waals surface area contributed by atoms with E-state index in [1.165, 1.54) is 12.1 Å². The van der Waals surface area contributed by atoms with Crippen molar-refractivity contribution in [1.29, 1.82) is 0 Å². The number of aryl methyl sites for hydroxylation is 1. The van der Waals surface area contributed by atoms with Gasteiger partial charge < -0.3 is 9.67 Å². The zero-order valence-corrected chi connectivity index (χ0v) is 15.8. The van der Waals surface area contributed by atoms with Crippen molar-refractivity contribution >= 4 is 43.4 Å². The monoisotopic (exact) mass is 421 g/mol. The Kier molecular flexibility index (Phi) is 5.59. The van der Waals surface area contributed by atoms with Crippen molar-refractivity contribution in [2.75, 3.05) is 4.72 Å². The third-order valence-electron chi connectivity index (χ3n) is 3.12. The van der Waals surface area contributed by atoms with Crippen molar-refractivity contribution in [3.05, 3.63) is 34.2 Å². The molecule has 2 rings (SSSR count). The molecule has 0 unspecified atom stereocenters. The highest BCUT2D eigenvalue weighted by atomic mass is 79.9. The molecule has 0 aliphatic rings. The molecule has 0 aliphatic carbocycles. The second-order valence-electron chi connectivity index (χ2n) is 5.52. The molecule has 1 aromatic carbocycles. The molecule has 0 atom stereocenters. The largest absolute Gasteiger partial charge is 0.505 e. The van der Waals surface area contributed by atoms with Gasteiger partial charge in [-0.1, -0.05) is 41.4 Å². The predicted molar refractivity (Wildman–Crippen MR) is 93.3 cm³/mol. The van der Waals surface area contributed by atoms with Crippen LogP contribution in [0.15, 0.2) is 34.0 Å². The summed E-state index contributed by atoms with van der Waals surface area (Å²) in [6.07, 6.45) is 4.13. The van der Waals surface area contributed by atoms with Gasteiger partial charge in [0.15, 0.2) is 11.6 Å². The topological polar surface area (TPSA) is 84.2 Å². The Morgan fingerprint density at radius 1 is 1.43 bits per heavy atom. The lowest BCUT2D eigenvalue weighted by Gasteiger charge is -2.09. The first kappa shape index (κ1) is 18.1. The summed E-state index contributed by atoms with van der Waals surface area (Å²) in [4.78, 5) is 3.71. The zero-order valence-electron chi connectivity index (χ0n) is 12.6. The number of phenolic OH excluding ortho intramolecular Hbond substituents is 1. The predicted octanol–water partition coefficient (Wildman–Crippen LogP) is 3.85. The van der Waals surface area contributed by atoms with E-state index in [1.807, 2.05) is 4.57 Å². The molecule has 0 spiro atoms. The van der Waals surface area contributed by atoms with E-state index >= 15 is 0 Å². The summed E-state index contributed by atoms with van der Waals surface area (Å²) in [6, 6.07) is 2.69. The van der Waals surface area contributed by atoms with Gasteiger partial charge in [0.2, 0.25) is 0 Å². The van der Waals surface area contributed by atoms with E-state index in [2.05, 4.69) is 39.5 Å². The van der Waals surface area contributed by atoms with Crippen molar-refractivity contribution in [2.24, 2.45) is 5.92 Å². The summed E-state index contributed by atoms with van der Waals surface area (Å²) in [7, 11) is -4.00. The van der Waals surface area contributed by atoms with Crippen molar-refractivity contribution < 1.29 is 13.5 Å². The smallest absolute Gasteiger partial charge is 0.266 e. The first-order chi connectivity index (χ1) is 10.7. The Morgan fingerprint density at radius 2 is 2.13 bits per heavy atom. The maximum absolute atomic E-state index is 12.4. The first-order valence-electron chi connectivity index (χ1n) is 6.91. The Morgan fingerprint density at radius 3 is 2.78 bits per heavy atom. The molecule has 0 bridgehead atoms. The van der Waals surface area contributed by atoms with Crippen molar-refractivity contribution in [2.45, 2.75) is 31.7 Å². The number of benzene rings is 1. The normalized spacial score (nSPS) is 11.9. The molecule has 0 saturated heterocycles. The maximum atomic E-state index is 12.4. The Labute approximate surface area is 148 Å². The highest BCUT2D eigenvalue weighted by Crippen LogP contribution is 2.34. The third-order valence-corrected chi connectivity index (χ3v) is 5.23. The minimum Gasteiger partial charge on any atom is -0.505 e. The molecule has 9 heteroatoms. The lowest BCUT2D eigenvalue weighted by atomic mass is 10.1. The SMILES string of the molecule is CC(C)CCn1cnc(NS(=O)(=O)c2cc(Br)cc(Cl)c2O)c1. The molecule has 2 N–H and O–H groups in total. The molecule has 1 aromatic heterocycles. The van der Waals surface area contributed by atoms with Crippen LogP contribution in [0.2, 0.25) is 5.02 Å². The zero-order chi connectivity index (χ0) is 17.2. The molecule has 126 valence electrons. The van der Waals surface area contributed by atoms with Gasteiger partial charge in [-0.2, -0.15) is 0 Å². The van der Waals surface area contributed by atoms with Crippen LogP contribution in [0.25, 0.3) is 0 Å². The number of imidazole rings is 1. The van der Waals surface area contributed by atoms with Crippen molar-refractivity contribution in [1.82, 2.24) is 9.55 Å². The second-order valence-corrected chi connectivity index (χ2v) is 8.49. The number of aromatic hydroxyl groups is 1. The quantitative estimate of drug-likeness (QED) is 0.740. The minimum absolute atomic E-state index is 0.0535. The number of halogens is 2. The summed E-state index contributed by atoms with van der Waals surface area (Å²) in [5.74, 6) is 0.226. The number of rotatable bonds is 6. The Hall–Kier alpha value is -1.25. The van der Waals surface area contributed by atoms with Crippen molar-refractivity contribution in [3.8, 4) is 5.75 Å². The third kappa shape index (κ3) is 4.62. The van der Waals surface area contributed by atoms with Crippen LogP contribution in [0.4, 0.5) is 5.82 Å². The number of hydrogen-bond donors (Lipinski definition) is 2. The van der Waals surface area contributed by atoms with Crippen LogP contribution in [0.5, 0.6) is 5.75 Å². The summed E-state index contributed by atoms with van der Waals surface area (Å²) in [6.45, 7) is 4.97. The lowest BCUT2D eigenvalue weighted by molar-refractivity contribution is 0.459. The fourth-order valence-electron chi connectivity index (χ4n) is 1.88. The van der Waals surface area contributed by atoms with Crippen LogP contribution in [0.1, 0.15) is 20.3 Å². The fourth-order valence-corrected chi connectivity index (χ4v) is 4.04. The van der Waals surface area contributed by atoms with Crippen LogP contribution < -0.4 is 4.72 Å². The molecular weight excluding hydrogens is 406 g/mol. The number of sulfonamides is 1. The van der Waals surface area contributed by atoms with Gasteiger partial charge in [0.1, 0.15) is 4.90 Å². The van der Waals surface area contributed by atoms with E-state index in [-0.39, 0.29) is 15.7 Å². The number of anilines is 1. The van der Waals surface area contributed by atoms with Gasteiger partial charge in [0, 0.05) is 17.2 Å². The van der Waals surface area contributed by atoms with Gasteiger partial charge in [-0.05, 0) is 24.5 Å². The van der Waals surface area contributed by atoms with Crippen LogP contribution in [-0.4, -0.2) is 23.1 Å². The molecule has 0 aliphatic heterocycles. The minimum atomic E-state index is -4.00. The summed E-state index contributed by atoms with van der Waals surface area (Å²) >= 11 is 8.97. The van der Waals surface area contributed by atoms with E-state index in [4.69, 9.17) is 11.6 Å². The first-order valence-corrected chi connectivity index (χ1v) is 9.57. The molecule has 0 saturated carbocycles. The molecular formula is C14H17BrClN3O3S. The van der Waals surface area contributed by atoms with Gasteiger partial charge in [-0.15, -0.1) is 0 Å².